The van der Waals surface area contributed by atoms with Crippen molar-refractivity contribution in [2.24, 2.45) is 0 Å². The molecule has 0 atom stereocenters. The average Bonchev–Trinajstić information content (AvgIpc) is 3.31. The van der Waals surface area contributed by atoms with Gasteiger partial charge in [0.1, 0.15) is 0 Å². The Morgan fingerprint density at radius 3 is 2.07 bits per heavy atom. The summed E-state index contributed by atoms with van der Waals surface area (Å²) in [7, 11) is -3.60. The van der Waals surface area contributed by atoms with Crippen LogP contribution in [0.25, 0.3) is 0 Å². The molecule has 2 fully saturated rings. The first-order valence-corrected chi connectivity index (χ1v) is 10.9. The Kier molecular flexibility index (Phi) is 4.80. The van der Waals surface area contributed by atoms with E-state index >= 15 is 0 Å². The van der Waals surface area contributed by atoms with Crippen LogP contribution in [0, 0.1) is 0 Å². The molecule has 2 aromatic rings. The van der Waals surface area contributed by atoms with Crippen molar-refractivity contribution < 1.29 is 18.0 Å². The molecule has 0 aliphatic carbocycles. The van der Waals surface area contributed by atoms with Crippen LogP contribution in [-0.4, -0.2) is 39.1 Å². The molecule has 2 amide bonds. The lowest BCUT2D eigenvalue weighted by Crippen LogP contribution is -2.29. The van der Waals surface area contributed by atoms with Gasteiger partial charge in [-0.2, -0.15) is 0 Å². The van der Waals surface area contributed by atoms with E-state index in [9.17, 15) is 18.0 Å². The van der Waals surface area contributed by atoms with Gasteiger partial charge in [0.15, 0.2) is 0 Å². The van der Waals surface area contributed by atoms with Gasteiger partial charge in [0.25, 0.3) is 5.91 Å². The third-order valence-corrected chi connectivity index (χ3v) is 6.73. The second kappa shape index (κ2) is 7.27. The minimum absolute atomic E-state index is 0.0159. The van der Waals surface area contributed by atoms with Crippen LogP contribution in [0.1, 0.15) is 29.6 Å². The van der Waals surface area contributed by atoms with Crippen LogP contribution in [0.15, 0.2) is 48.5 Å². The molecule has 0 unspecified atom stereocenters. The van der Waals surface area contributed by atoms with Crippen molar-refractivity contribution in [3.8, 4) is 0 Å². The Hall–Kier alpha value is -2.87. The summed E-state index contributed by atoms with van der Waals surface area (Å²) in [6.45, 7) is 2.13. The molecule has 4 rings (SSSR count). The molecule has 2 aliphatic heterocycles. The van der Waals surface area contributed by atoms with Gasteiger partial charge in [0, 0.05) is 36.4 Å². The van der Waals surface area contributed by atoms with E-state index in [1.54, 1.807) is 0 Å². The Bertz CT molecular complexity index is 995. The number of carbonyl (C=O) groups excluding carboxylic acids is 2. The van der Waals surface area contributed by atoms with E-state index in [1.165, 1.54) is 37.1 Å². The first kappa shape index (κ1) is 18.5. The van der Waals surface area contributed by atoms with Crippen LogP contribution in [0.2, 0.25) is 0 Å². The summed E-state index contributed by atoms with van der Waals surface area (Å²) in [6, 6.07) is 13.7. The summed E-state index contributed by atoms with van der Waals surface area (Å²) >= 11 is 0. The van der Waals surface area contributed by atoms with E-state index < -0.39 is 15.9 Å². The molecule has 2 aromatic carbocycles. The third-order valence-electron chi connectivity index (χ3n) is 5.04. The van der Waals surface area contributed by atoms with E-state index in [4.69, 9.17) is 0 Å². The molecular formula is C20H21N3O4S. The first-order valence-electron chi connectivity index (χ1n) is 9.26. The second-order valence-electron chi connectivity index (χ2n) is 6.97. The Balaban J connectivity index is 1.44. The normalized spacial score (nSPS) is 18.5. The standard InChI is InChI=1S/C20H21N3O4S/c24-19-11-14-28(26,27)23(19)18-7-3-15(4-8-18)20(25)21-16-5-9-17(10-6-16)22-12-1-2-13-22/h3-10H,1-2,11-14H2,(H,21,25). The molecule has 2 saturated heterocycles. The number of anilines is 3. The molecule has 146 valence electrons. The van der Waals surface area contributed by atoms with Crippen LogP contribution < -0.4 is 14.5 Å². The van der Waals surface area contributed by atoms with Crippen LogP contribution in [-0.2, 0) is 14.8 Å². The maximum atomic E-state index is 12.5. The van der Waals surface area contributed by atoms with E-state index in [0.29, 0.717) is 11.3 Å². The van der Waals surface area contributed by atoms with E-state index in [2.05, 4.69) is 10.2 Å². The summed E-state index contributed by atoms with van der Waals surface area (Å²) in [5.74, 6) is -0.923. The molecule has 28 heavy (non-hydrogen) atoms. The predicted octanol–water partition coefficient (Wildman–Crippen LogP) is 2.61. The number of nitrogens with zero attached hydrogens (tertiary/aromatic N) is 2. The zero-order valence-electron chi connectivity index (χ0n) is 15.3. The van der Waals surface area contributed by atoms with Gasteiger partial charge in [0.05, 0.1) is 11.4 Å². The number of amides is 2. The van der Waals surface area contributed by atoms with Gasteiger partial charge >= 0.3 is 0 Å². The van der Waals surface area contributed by atoms with Crippen LogP contribution in [0.3, 0.4) is 0 Å². The van der Waals surface area contributed by atoms with Crippen molar-refractivity contribution in [1.82, 2.24) is 0 Å². The van der Waals surface area contributed by atoms with E-state index in [1.807, 2.05) is 24.3 Å². The number of nitrogens with one attached hydrogen (secondary N) is 1. The average molecular weight is 399 g/mol. The van der Waals surface area contributed by atoms with Gasteiger partial charge in [-0.1, -0.05) is 0 Å². The quantitative estimate of drug-likeness (QED) is 0.854. The van der Waals surface area contributed by atoms with Gasteiger partial charge < -0.3 is 10.2 Å². The van der Waals surface area contributed by atoms with Gasteiger partial charge in [-0.25, -0.2) is 12.7 Å². The zero-order valence-corrected chi connectivity index (χ0v) is 16.1. The fourth-order valence-electron chi connectivity index (χ4n) is 3.55. The summed E-state index contributed by atoms with van der Waals surface area (Å²) < 4.78 is 24.8. The minimum Gasteiger partial charge on any atom is -0.372 e. The summed E-state index contributed by atoms with van der Waals surface area (Å²) in [4.78, 5) is 26.6. The summed E-state index contributed by atoms with van der Waals surface area (Å²) in [6.07, 6.45) is 2.40. The second-order valence-corrected chi connectivity index (χ2v) is 8.90. The highest BCUT2D eigenvalue weighted by molar-refractivity contribution is 7.94. The van der Waals surface area contributed by atoms with Crippen LogP contribution in [0.5, 0.6) is 0 Å². The van der Waals surface area contributed by atoms with Crippen molar-refractivity contribution in [3.63, 3.8) is 0 Å². The topological polar surface area (TPSA) is 86.8 Å². The Morgan fingerprint density at radius 1 is 0.893 bits per heavy atom. The van der Waals surface area contributed by atoms with Crippen molar-refractivity contribution in [2.75, 3.05) is 33.4 Å². The summed E-state index contributed by atoms with van der Waals surface area (Å²) in [5, 5.41) is 2.83. The van der Waals surface area contributed by atoms with E-state index in [-0.39, 0.29) is 23.8 Å². The third kappa shape index (κ3) is 3.60. The maximum absolute atomic E-state index is 12.5. The molecule has 0 spiro atoms. The number of carbonyl (C=O) groups is 2. The SMILES string of the molecule is O=C(Nc1ccc(N2CCCC2)cc1)c1ccc(N2C(=O)CCS2(=O)=O)cc1. The van der Waals surface area contributed by atoms with E-state index in [0.717, 1.165) is 23.1 Å². The highest BCUT2D eigenvalue weighted by Gasteiger charge is 2.36. The number of rotatable bonds is 4. The lowest BCUT2D eigenvalue weighted by Gasteiger charge is -2.18. The molecule has 0 radical (unpaired) electrons. The van der Waals surface area contributed by atoms with Crippen molar-refractivity contribution in [2.45, 2.75) is 19.3 Å². The zero-order chi connectivity index (χ0) is 19.7. The Morgan fingerprint density at radius 2 is 1.50 bits per heavy atom. The molecule has 8 heteroatoms. The minimum atomic E-state index is -3.60. The van der Waals surface area contributed by atoms with Crippen molar-refractivity contribution in [1.29, 1.82) is 0 Å². The molecule has 7 nitrogen and oxygen atoms in total. The predicted molar refractivity (Wildman–Crippen MR) is 108 cm³/mol. The van der Waals surface area contributed by atoms with Gasteiger partial charge in [0.2, 0.25) is 15.9 Å². The van der Waals surface area contributed by atoms with Crippen molar-refractivity contribution in [3.05, 3.63) is 54.1 Å². The monoisotopic (exact) mass is 399 g/mol. The van der Waals surface area contributed by atoms with Gasteiger partial charge in [-0.3, -0.25) is 9.59 Å². The largest absolute Gasteiger partial charge is 0.372 e. The highest BCUT2D eigenvalue weighted by Crippen LogP contribution is 2.26. The smallest absolute Gasteiger partial charge is 0.255 e. The lowest BCUT2D eigenvalue weighted by molar-refractivity contribution is -0.116. The number of benzene rings is 2. The molecule has 2 heterocycles. The van der Waals surface area contributed by atoms with Gasteiger partial charge in [-0.05, 0) is 61.4 Å². The lowest BCUT2D eigenvalue weighted by atomic mass is 10.2. The highest BCUT2D eigenvalue weighted by atomic mass is 32.2. The summed E-state index contributed by atoms with van der Waals surface area (Å²) in [5.41, 5.74) is 2.48. The fourth-order valence-corrected chi connectivity index (χ4v) is 5.01. The van der Waals surface area contributed by atoms with Gasteiger partial charge in [-0.15, -0.1) is 0 Å². The maximum Gasteiger partial charge on any atom is 0.255 e. The van der Waals surface area contributed by atoms with Crippen molar-refractivity contribution >= 4 is 38.9 Å². The molecular weight excluding hydrogens is 378 g/mol. The Labute approximate surface area is 164 Å². The molecule has 0 bridgehead atoms. The fraction of sp³-hybridized carbons (Fsp3) is 0.300. The molecule has 0 saturated carbocycles. The molecule has 2 aliphatic rings. The first-order chi connectivity index (χ1) is 13.4. The van der Waals surface area contributed by atoms with Crippen LogP contribution in [0.4, 0.5) is 17.1 Å². The van der Waals surface area contributed by atoms with Crippen LogP contribution >= 0.6 is 0 Å². The number of hydrogen-bond acceptors (Lipinski definition) is 5. The number of sulfonamides is 1. The molecule has 0 aromatic heterocycles. The number of hydrogen-bond donors (Lipinski definition) is 1. The molecule has 1 N–H and O–H groups in total.